The summed E-state index contributed by atoms with van der Waals surface area (Å²) in [6.07, 6.45) is 0.0691. The largest absolute Gasteiger partial charge is 0.477 e. The van der Waals surface area contributed by atoms with E-state index in [0.29, 0.717) is 21.8 Å². The summed E-state index contributed by atoms with van der Waals surface area (Å²) in [6, 6.07) is 5.91. The second-order valence-corrected chi connectivity index (χ2v) is 5.09. The number of alkyl halides is 1. The first-order valence-electron chi connectivity index (χ1n) is 5.98. The maximum absolute atomic E-state index is 12.6. The molecule has 110 valence electrons. The molecule has 2 aromatic rings. The lowest BCUT2D eigenvalue weighted by Crippen LogP contribution is -2.03. The Morgan fingerprint density at radius 2 is 2.05 bits per heavy atom. The number of aromatic carboxylic acids is 1. The Balaban J connectivity index is 2.62. The zero-order valence-electron chi connectivity index (χ0n) is 10.7. The normalized spacial score (nSPS) is 10.6. The van der Waals surface area contributed by atoms with Crippen LogP contribution in [-0.2, 0) is 6.42 Å². The topological polar surface area (TPSA) is 76.2 Å². The molecule has 2 rings (SSSR count). The van der Waals surface area contributed by atoms with Gasteiger partial charge in [0.2, 0.25) is 0 Å². The molecular formula is C14H11Cl2FN2O2. The van der Waals surface area contributed by atoms with Crippen molar-refractivity contribution in [3.8, 4) is 11.3 Å². The third kappa shape index (κ3) is 3.25. The first-order chi connectivity index (χ1) is 9.93. The number of hydrogen-bond donors (Lipinski definition) is 2. The van der Waals surface area contributed by atoms with Gasteiger partial charge in [-0.15, -0.1) is 0 Å². The number of aromatic nitrogens is 1. The fourth-order valence-electron chi connectivity index (χ4n) is 1.92. The van der Waals surface area contributed by atoms with Gasteiger partial charge < -0.3 is 10.8 Å². The van der Waals surface area contributed by atoms with E-state index in [0.717, 1.165) is 0 Å². The molecule has 0 saturated heterocycles. The summed E-state index contributed by atoms with van der Waals surface area (Å²) in [7, 11) is 0. The van der Waals surface area contributed by atoms with Gasteiger partial charge in [0.25, 0.3) is 0 Å². The van der Waals surface area contributed by atoms with E-state index in [2.05, 4.69) is 4.98 Å². The Bertz CT molecular complexity index is 708. The van der Waals surface area contributed by atoms with Gasteiger partial charge >= 0.3 is 5.97 Å². The van der Waals surface area contributed by atoms with Crippen LogP contribution in [0.15, 0.2) is 24.3 Å². The van der Waals surface area contributed by atoms with Gasteiger partial charge in [-0.2, -0.15) is 0 Å². The van der Waals surface area contributed by atoms with Crippen molar-refractivity contribution in [1.29, 1.82) is 0 Å². The van der Waals surface area contributed by atoms with E-state index in [1.165, 1.54) is 12.1 Å². The molecule has 0 spiro atoms. The molecule has 0 radical (unpaired) electrons. The summed E-state index contributed by atoms with van der Waals surface area (Å²) in [6.45, 7) is -0.604. The molecule has 1 aromatic heterocycles. The third-order valence-corrected chi connectivity index (χ3v) is 3.66. The van der Waals surface area contributed by atoms with Gasteiger partial charge in [0.05, 0.1) is 17.4 Å². The zero-order chi connectivity index (χ0) is 15.6. The van der Waals surface area contributed by atoms with Gasteiger partial charge in [-0.25, -0.2) is 9.78 Å². The SMILES string of the molecule is Nc1cc(C(=O)O)nc(-c2ccc(Cl)c(CCF)c2Cl)c1. The molecule has 0 saturated carbocycles. The first-order valence-corrected chi connectivity index (χ1v) is 6.73. The Labute approximate surface area is 130 Å². The fourth-order valence-corrected chi connectivity index (χ4v) is 2.57. The Kier molecular flexibility index (Phi) is 4.65. The van der Waals surface area contributed by atoms with Crippen molar-refractivity contribution in [2.24, 2.45) is 0 Å². The molecule has 0 aliphatic carbocycles. The van der Waals surface area contributed by atoms with Crippen LogP contribution in [0.2, 0.25) is 10.0 Å². The first kappa shape index (κ1) is 15.5. The number of nitrogens with zero attached hydrogens (tertiary/aromatic N) is 1. The van der Waals surface area contributed by atoms with Crippen molar-refractivity contribution in [3.63, 3.8) is 0 Å². The highest BCUT2D eigenvalue weighted by atomic mass is 35.5. The number of hydrogen-bond acceptors (Lipinski definition) is 3. The number of benzene rings is 1. The fraction of sp³-hybridized carbons (Fsp3) is 0.143. The number of anilines is 1. The van der Waals surface area contributed by atoms with Crippen LogP contribution in [0.1, 0.15) is 16.1 Å². The van der Waals surface area contributed by atoms with Crippen LogP contribution >= 0.6 is 23.2 Å². The van der Waals surface area contributed by atoms with E-state index in [9.17, 15) is 9.18 Å². The molecule has 0 aliphatic heterocycles. The lowest BCUT2D eigenvalue weighted by Gasteiger charge is -2.11. The number of nitrogens with two attached hydrogens (primary N) is 1. The second kappa shape index (κ2) is 6.28. The lowest BCUT2D eigenvalue weighted by molar-refractivity contribution is 0.0690. The van der Waals surface area contributed by atoms with Crippen molar-refractivity contribution < 1.29 is 14.3 Å². The van der Waals surface area contributed by atoms with Crippen LogP contribution in [0.5, 0.6) is 0 Å². The lowest BCUT2D eigenvalue weighted by atomic mass is 10.0. The molecule has 4 nitrogen and oxygen atoms in total. The van der Waals surface area contributed by atoms with E-state index in [1.54, 1.807) is 12.1 Å². The number of carboxylic acids is 1. The standard InChI is InChI=1S/C14H11Cl2FN2O2/c15-10-2-1-9(13(16)8(10)3-4-17)11-5-7(18)6-12(19-11)14(20)21/h1-2,5-6H,3-4H2,(H2,18,19)(H,20,21). The molecular weight excluding hydrogens is 318 g/mol. The monoisotopic (exact) mass is 328 g/mol. The smallest absolute Gasteiger partial charge is 0.354 e. The van der Waals surface area contributed by atoms with Crippen LogP contribution in [0, 0.1) is 0 Å². The molecule has 3 N–H and O–H groups in total. The summed E-state index contributed by atoms with van der Waals surface area (Å²) < 4.78 is 12.6. The number of carboxylic acid groups (broad SMARTS) is 1. The van der Waals surface area contributed by atoms with E-state index in [4.69, 9.17) is 34.0 Å². The molecule has 0 bridgehead atoms. The molecule has 0 amide bonds. The van der Waals surface area contributed by atoms with Gasteiger partial charge in [-0.3, -0.25) is 4.39 Å². The third-order valence-electron chi connectivity index (χ3n) is 2.87. The highest BCUT2D eigenvalue weighted by Crippen LogP contribution is 2.35. The number of carbonyl (C=O) groups is 1. The van der Waals surface area contributed by atoms with E-state index < -0.39 is 12.6 Å². The van der Waals surface area contributed by atoms with E-state index in [1.807, 2.05) is 0 Å². The number of nitrogen functional groups attached to an aromatic ring is 1. The molecule has 21 heavy (non-hydrogen) atoms. The molecule has 1 aromatic carbocycles. The minimum absolute atomic E-state index is 0.0691. The number of pyridine rings is 1. The predicted molar refractivity (Wildman–Crippen MR) is 80.7 cm³/mol. The molecule has 0 aliphatic rings. The quantitative estimate of drug-likeness (QED) is 0.893. The van der Waals surface area contributed by atoms with Gasteiger partial charge in [-0.1, -0.05) is 23.2 Å². The maximum Gasteiger partial charge on any atom is 0.354 e. The molecule has 0 unspecified atom stereocenters. The van der Waals surface area contributed by atoms with Gasteiger partial charge in [0.15, 0.2) is 5.69 Å². The summed E-state index contributed by atoms with van der Waals surface area (Å²) >= 11 is 12.2. The minimum Gasteiger partial charge on any atom is -0.477 e. The summed E-state index contributed by atoms with van der Waals surface area (Å²) in [5.41, 5.74) is 6.95. The van der Waals surface area contributed by atoms with Gasteiger partial charge in [-0.05, 0) is 29.8 Å². The van der Waals surface area contributed by atoms with Crippen LogP contribution in [-0.4, -0.2) is 22.7 Å². The predicted octanol–water partition coefficient (Wildman–Crippen LogP) is 3.85. The Morgan fingerprint density at radius 3 is 2.67 bits per heavy atom. The minimum atomic E-state index is -1.20. The highest BCUT2D eigenvalue weighted by molar-refractivity contribution is 6.37. The summed E-state index contributed by atoms with van der Waals surface area (Å²) in [5, 5.41) is 9.61. The molecule has 0 atom stereocenters. The van der Waals surface area contributed by atoms with Crippen molar-refractivity contribution in [1.82, 2.24) is 4.98 Å². The molecule has 7 heteroatoms. The van der Waals surface area contributed by atoms with Crippen molar-refractivity contribution in [2.75, 3.05) is 12.4 Å². The molecule has 1 heterocycles. The van der Waals surface area contributed by atoms with E-state index >= 15 is 0 Å². The number of halogens is 3. The average Bonchev–Trinajstić information content (AvgIpc) is 2.42. The van der Waals surface area contributed by atoms with Crippen molar-refractivity contribution in [2.45, 2.75) is 6.42 Å². The van der Waals surface area contributed by atoms with Crippen molar-refractivity contribution >= 4 is 34.9 Å². The van der Waals surface area contributed by atoms with Crippen LogP contribution in [0.25, 0.3) is 11.3 Å². The van der Waals surface area contributed by atoms with Crippen LogP contribution in [0.4, 0.5) is 10.1 Å². The van der Waals surface area contributed by atoms with Crippen molar-refractivity contribution in [3.05, 3.63) is 45.6 Å². The van der Waals surface area contributed by atoms with Gasteiger partial charge in [0.1, 0.15) is 0 Å². The maximum atomic E-state index is 12.6. The Hall–Kier alpha value is -1.85. The summed E-state index contributed by atoms with van der Waals surface area (Å²) in [4.78, 5) is 15.0. The molecule has 0 fully saturated rings. The number of rotatable bonds is 4. The van der Waals surface area contributed by atoms with Gasteiger partial charge in [0, 0.05) is 22.7 Å². The summed E-state index contributed by atoms with van der Waals surface area (Å²) in [5.74, 6) is -1.20. The van der Waals surface area contributed by atoms with Crippen LogP contribution < -0.4 is 5.73 Å². The van der Waals surface area contributed by atoms with Crippen LogP contribution in [0.3, 0.4) is 0 Å². The average molecular weight is 329 g/mol. The zero-order valence-corrected chi connectivity index (χ0v) is 12.2. The Morgan fingerprint density at radius 1 is 1.33 bits per heavy atom. The highest BCUT2D eigenvalue weighted by Gasteiger charge is 2.15. The second-order valence-electron chi connectivity index (χ2n) is 4.30. The van der Waals surface area contributed by atoms with E-state index in [-0.39, 0.29) is 22.8 Å².